The molecule has 142 valence electrons. The maximum Gasteiger partial charge on any atom is 0.244 e. The summed E-state index contributed by atoms with van der Waals surface area (Å²) < 4.78 is 32.3. The molecule has 27 heavy (non-hydrogen) atoms. The zero-order valence-electron chi connectivity index (χ0n) is 14.8. The average Bonchev–Trinajstić information content (AvgIpc) is 3.45. The van der Waals surface area contributed by atoms with E-state index in [2.05, 4.69) is 11.8 Å². The van der Waals surface area contributed by atoms with Crippen LogP contribution in [0.4, 0.5) is 0 Å². The van der Waals surface area contributed by atoms with Crippen molar-refractivity contribution in [3.05, 3.63) is 64.7 Å². The number of aryl methyl sites for hydroxylation is 1. The van der Waals surface area contributed by atoms with E-state index in [9.17, 15) is 13.5 Å². The number of rotatable bonds is 6. The van der Waals surface area contributed by atoms with E-state index in [0.29, 0.717) is 17.2 Å². The third-order valence-corrected chi connectivity index (χ3v) is 6.19. The van der Waals surface area contributed by atoms with Gasteiger partial charge in [0.2, 0.25) is 10.0 Å². The van der Waals surface area contributed by atoms with Crippen LogP contribution >= 0.6 is 11.6 Å². The summed E-state index contributed by atoms with van der Waals surface area (Å²) in [6.45, 7) is 2.64. The molecule has 5 nitrogen and oxygen atoms in total. The molecule has 0 aliphatic carbocycles. The molecule has 2 atom stereocenters. The molecule has 0 spiro atoms. The van der Waals surface area contributed by atoms with E-state index in [4.69, 9.17) is 16.3 Å². The predicted molar refractivity (Wildman–Crippen MR) is 104 cm³/mol. The van der Waals surface area contributed by atoms with Crippen LogP contribution < -0.4 is 0 Å². The van der Waals surface area contributed by atoms with Crippen molar-refractivity contribution in [1.82, 2.24) is 4.31 Å². The van der Waals surface area contributed by atoms with Gasteiger partial charge >= 0.3 is 0 Å². The Morgan fingerprint density at radius 1 is 1.30 bits per heavy atom. The van der Waals surface area contributed by atoms with Crippen molar-refractivity contribution in [3.8, 4) is 11.8 Å². The molecule has 7 heteroatoms. The summed E-state index contributed by atoms with van der Waals surface area (Å²) in [5.74, 6) is 5.45. The molecule has 0 aromatic heterocycles. The quantitative estimate of drug-likeness (QED) is 0.592. The first-order chi connectivity index (χ1) is 12.9. The van der Waals surface area contributed by atoms with Crippen molar-refractivity contribution in [3.63, 3.8) is 0 Å². The Bertz CT molecular complexity index is 959. The second-order valence-electron chi connectivity index (χ2n) is 6.34. The van der Waals surface area contributed by atoms with Crippen LogP contribution in [-0.4, -0.2) is 43.6 Å². The zero-order chi connectivity index (χ0) is 19.4. The maximum absolute atomic E-state index is 12.9. The average molecular weight is 406 g/mol. The maximum atomic E-state index is 12.9. The summed E-state index contributed by atoms with van der Waals surface area (Å²) in [5.41, 5.74) is 1.55. The van der Waals surface area contributed by atoms with E-state index in [1.165, 1.54) is 4.31 Å². The van der Waals surface area contributed by atoms with Gasteiger partial charge in [0.1, 0.15) is 6.10 Å². The van der Waals surface area contributed by atoms with E-state index in [1.54, 1.807) is 48.5 Å². The molecule has 2 unspecified atom stereocenters. The Balaban J connectivity index is 1.77. The first-order valence-electron chi connectivity index (χ1n) is 8.46. The molecule has 1 aliphatic heterocycles. The van der Waals surface area contributed by atoms with Crippen LogP contribution in [0.5, 0.6) is 0 Å². The summed E-state index contributed by atoms with van der Waals surface area (Å²) in [4.78, 5) is 0.214. The van der Waals surface area contributed by atoms with Crippen LogP contribution in [0, 0.1) is 18.8 Å². The highest BCUT2D eigenvalue weighted by molar-refractivity contribution is 7.89. The van der Waals surface area contributed by atoms with Gasteiger partial charge in [0.05, 0.1) is 24.2 Å². The monoisotopic (exact) mass is 405 g/mol. The fourth-order valence-corrected chi connectivity index (χ4v) is 4.07. The lowest BCUT2D eigenvalue weighted by atomic mass is 10.1. The van der Waals surface area contributed by atoms with Gasteiger partial charge in [-0.15, -0.1) is 0 Å². The lowest BCUT2D eigenvalue weighted by molar-refractivity contribution is 0.238. The fourth-order valence-electron chi connectivity index (χ4n) is 2.50. The van der Waals surface area contributed by atoms with Gasteiger partial charge in [-0.3, -0.25) is 0 Å². The van der Waals surface area contributed by atoms with E-state index in [-0.39, 0.29) is 24.1 Å². The van der Waals surface area contributed by atoms with E-state index in [0.717, 1.165) is 5.56 Å². The second-order valence-corrected chi connectivity index (χ2v) is 8.72. The van der Waals surface area contributed by atoms with Gasteiger partial charge < -0.3 is 9.84 Å². The smallest absolute Gasteiger partial charge is 0.244 e. The van der Waals surface area contributed by atoms with Crippen molar-refractivity contribution in [2.24, 2.45) is 0 Å². The molecule has 2 aromatic carbocycles. The summed E-state index contributed by atoms with van der Waals surface area (Å²) in [6.07, 6.45) is -1.14. The molecule has 1 N–H and O–H groups in total. The molecular weight excluding hydrogens is 386 g/mol. The van der Waals surface area contributed by atoms with Crippen LogP contribution in [0.25, 0.3) is 0 Å². The Kier molecular flexibility index (Phi) is 6.20. The van der Waals surface area contributed by atoms with Crippen LogP contribution in [0.2, 0.25) is 5.02 Å². The van der Waals surface area contributed by atoms with Crippen molar-refractivity contribution >= 4 is 21.6 Å². The number of hydrogen-bond donors (Lipinski definition) is 1. The van der Waals surface area contributed by atoms with E-state index in [1.807, 2.05) is 6.92 Å². The molecule has 0 amide bonds. The zero-order valence-corrected chi connectivity index (χ0v) is 16.4. The topological polar surface area (TPSA) is 70.1 Å². The molecule has 1 saturated heterocycles. The molecule has 0 saturated carbocycles. The van der Waals surface area contributed by atoms with Crippen molar-refractivity contribution < 1.29 is 18.3 Å². The Morgan fingerprint density at radius 3 is 2.63 bits per heavy atom. The number of hydrogen-bond acceptors (Lipinski definition) is 4. The first-order valence-corrected chi connectivity index (χ1v) is 10.3. The van der Waals surface area contributed by atoms with Crippen LogP contribution in [0.1, 0.15) is 17.2 Å². The highest BCUT2D eigenvalue weighted by Gasteiger charge is 2.32. The van der Waals surface area contributed by atoms with Crippen molar-refractivity contribution in [2.45, 2.75) is 24.0 Å². The number of sulfonamides is 1. The Hall–Kier alpha value is -1.88. The number of epoxide rings is 1. The largest absolute Gasteiger partial charge is 0.376 e. The molecule has 2 aromatic rings. The number of aliphatic hydroxyl groups is 1. The summed E-state index contributed by atoms with van der Waals surface area (Å²) in [5, 5.41) is 10.7. The number of aliphatic hydroxyl groups excluding tert-OH is 1. The standard InChI is InChI=1S/C20H20ClNO4S/c1-15-7-9-19(10-8-15)27(24,25)22(13-18-14-26-18)11-3-6-20(23)16-4-2-5-17(21)12-16/h2,4-5,7-10,12,18,20,23H,11,13-14H2,1H3. The summed E-state index contributed by atoms with van der Waals surface area (Å²) >= 11 is 5.92. The highest BCUT2D eigenvalue weighted by Crippen LogP contribution is 2.20. The second kappa shape index (κ2) is 8.42. The molecule has 3 rings (SSSR count). The van der Waals surface area contributed by atoms with Gasteiger partial charge in [-0.2, -0.15) is 4.31 Å². The normalized spacial score (nSPS) is 17.3. The predicted octanol–water partition coefficient (Wildman–Crippen LogP) is 2.77. The summed E-state index contributed by atoms with van der Waals surface area (Å²) in [7, 11) is -3.69. The third kappa shape index (κ3) is 5.32. The summed E-state index contributed by atoms with van der Waals surface area (Å²) in [6, 6.07) is 13.4. The number of halogens is 1. The van der Waals surface area contributed by atoms with Gasteiger partial charge in [0.25, 0.3) is 0 Å². The molecular formula is C20H20ClNO4S. The van der Waals surface area contributed by atoms with Crippen molar-refractivity contribution in [2.75, 3.05) is 19.7 Å². The third-order valence-electron chi connectivity index (χ3n) is 4.13. The minimum Gasteiger partial charge on any atom is -0.376 e. The van der Waals surface area contributed by atoms with Crippen LogP contribution in [0.3, 0.4) is 0 Å². The van der Waals surface area contributed by atoms with Gasteiger partial charge in [-0.05, 0) is 36.8 Å². The number of nitrogens with zero attached hydrogens (tertiary/aromatic N) is 1. The van der Waals surface area contributed by atoms with Gasteiger partial charge in [0.15, 0.2) is 0 Å². The molecule has 1 aliphatic rings. The Labute approximate surface area is 164 Å². The van der Waals surface area contributed by atoms with Gasteiger partial charge in [-0.25, -0.2) is 8.42 Å². The highest BCUT2D eigenvalue weighted by atomic mass is 35.5. The fraction of sp³-hybridized carbons (Fsp3) is 0.300. The lowest BCUT2D eigenvalue weighted by Gasteiger charge is -2.19. The molecule has 0 bridgehead atoms. The van der Waals surface area contributed by atoms with Gasteiger partial charge in [0, 0.05) is 11.6 Å². The van der Waals surface area contributed by atoms with Crippen LogP contribution in [-0.2, 0) is 14.8 Å². The van der Waals surface area contributed by atoms with Gasteiger partial charge in [-0.1, -0.05) is 53.3 Å². The molecule has 0 radical (unpaired) electrons. The molecule has 1 heterocycles. The molecule has 1 fully saturated rings. The minimum atomic E-state index is -3.69. The Morgan fingerprint density at radius 2 is 2.00 bits per heavy atom. The number of benzene rings is 2. The van der Waals surface area contributed by atoms with E-state index < -0.39 is 16.1 Å². The number of ether oxygens (including phenoxy) is 1. The van der Waals surface area contributed by atoms with E-state index >= 15 is 0 Å². The first kappa shape index (κ1) is 19.9. The SMILES string of the molecule is Cc1ccc(S(=O)(=O)N(CC#CC(O)c2cccc(Cl)c2)CC2CO2)cc1. The van der Waals surface area contributed by atoms with Crippen LogP contribution in [0.15, 0.2) is 53.4 Å². The minimum absolute atomic E-state index is 0.0340. The lowest BCUT2D eigenvalue weighted by Crippen LogP contribution is -2.34. The van der Waals surface area contributed by atoms with Crippen molar-refractivity contribution in [1.29, 1.82) is 0 Å².